The molecular weight excluding hydrogens is 446 g/mol. The van der Waals surface area contributed by atoms with E-state index in [1.807, 2.05) is 0 Å². The molecule has 1 N–H and O–H groups in total. The van der Waals surface area contributed by atoms with Crippen LogP contribution in [0.25, 0.3) is 10.9 Å². The minimum atomic E-state index is -0.738. The van der Waals surface area contributed by atoms with E-state index in [2.05, 4.69) is 85.8 Å². The quantitative estimate of drug-likeness (QED) is 0.491. The minimum absolute atomic E-state index is 0.201. The number of aromatic nitrogens is 1. The molecule has 3 rings (SSSR count). The van der Waals surface area contributed by atoms with Crippen molar-refractivity contribution in [2.75, 3.05) is 0 Å². The van der Waals surface area contributed by atoms with Crippen molar-refractivity contribution in [3.05, 3.63) is 68.2 Å². The molecule has 0 atom stereocenters. The highest BCUT2D eigenvalue weighted by Gasteiger charge is 2.15. The molecule has 3 aromatic rings. The molecule has 0 fully saturated rings. The summed E-state index contributed by atoms with van der Waals surface area (Å²) in [5.74, 6) is -0.738. The van der Waals surface area contributed by atoms with Crippen molar-refractivity contribution in [1.82, 2.24) is 4.57 Å². The van der Waals surface area contributed by atoms with E-state index in [4.69, 9.17) is 5.11 Å². The predicted molar refractivity (Wildman–Crippen MR) is 108 cm³/mol. The molecule has 0 aliphatic carbocycles. The molecule has 0 saturated heterocycles. The Morgan fingerprint density at radius 2 is 1.76 bits per heavy atom. The monoisotopic (exact) mass is 463 g/mol. The summed E-state index contributed by atoms with van der Waals surface area (Å²) in [7, 11) is 0. The fraction of sp³-hybridized carbons (Fsp3) is 0.250. The number of hydrogen-bond acceptors (Lipinski definition) is 1. The van der Waals surface area contributed by atoms with Crippen molar-refractivity contribution >= 4 is 48.7 Å². The smallest absolute Gasteiger partial charge is 0.303 e. The Morgan fingerprint density at radius 1 is 1.08 bits per heavy atom. The number of carbonyl (C=O) groups is 1. The second-order valence-electron chi connectivity index (χ2n) is 6.19. The zero-order chi connectivity index (χ0) is 18.0. The van der Waals surface area contributed by atoms with Crippen LogP contribution in [-0.2, 0) is 17.8 Å². The summed E-state index contributed by atoms with van der Waals surface area (Å²) < 4.78 is 4.44. The molecule has 0 spiro atoms. The van der Waals surface area contributed by atoms with E-state index < -0.39 is 5.97 Å². The Balaban J connectivity index is 2.00. The number of fused-ring (bicyclic) bond motifs is 1. The lowest BCUT2D eigenvalue weighted by molar-refractivity contribution is -0.137. The molecule has 0 unspecified atom stereocenters. The summed E-state index contributed by atoms with van der Waals surface area (Å²) in [6.45, 7) is 2.93. The Morgan fingerprint density at radius 3 is 2.44 bits per heavy atom. The predicted octanol–water partition coefficient (Wildman–Crippen LogP) is 5.93. The Hall–Kier alpha value is -1.59. The van der Waals surface area contributed by atoms with Gasteiger partial charge in [-0.2, -0.15) is 0 Å². The molecular formula is C20H19Br2NO2. The van der Waals surface area contributed by atoms with Crippen molar-refractivity contribution in [1.29, 1.82) is 0 Å². The van der Waals surface area contributed by atoms with Gasteiger partial charge in [-0.15, -0.1) is 0 Å². The number of carboxylic acids is 1. The first-order chi connectivity index (χ1) is 12.0. The highest BCUT2D eigenvalue weighted by atomic mass is 79.9. The van der Waals surface area contributed by atoms with Crippen LogP contribution in [0.3, 0.4) is 0 Å². The number of halogens is 2. The van der Waals surface area contributed by atoms with Crippen LogP contribution in [0.2, 0.25) is 0 Å². The maximum atomic E-state index is 10.8. The molecule has 0 saturated carbocycles. The van der Waals surface area contributed by atoms with Crippen LogP contribution in [0, 0.1) is 6.92 Å². The summed E-state index contributed by atoms with van der Waals surface area (Å²) in [6, 6.07) is 14.7. The maximum Gasteiger partial charge on any atom is 0.303 e. The van der Waals surface area contributed by atoms with Gasteiger partial charge in [-0.3, -0.25) is 4.79 Å². The van der Waals surface area contributed by atoms with Crippen molar-refractivity contribution in [3.63, 3.8) is 0 Å². The van der Waals surface area contributed by atoms with E-state index in [1.54, 1.807) is 0 Å². The van der Waals surface area contributed by atoms with Crippen LogP contribution in [0.1, 0.15) is 29.7 Å². The van der Waals surface area contributed by atoms with Gasteiger partial charge in [0.2, 0.25) is 0 Å². The molecule has 25 heavy (non-hydrogen) atoms. The summed E-state index contributed by atoms with van der Waals surface area (Å²) in [5, 5.41) is 10.1. The summed E-state index contributed by atoms with van der Waals surface area (Å²) in [6.07, 6.45) is 1.63. The van der Waals surface area contributed by atoms with Crippen LogP contribution in [0.5, 0.6) is 0 Å². The van der Waals surface area contributed by atoms with E-state index in [-0.39, 0.29) is 6.42 Å². The zero-order valence-electron chi connectivity index (χ0n) is 13.9. The number of aryl methyl sites for hydroxylation is 1. The first kappa shape index (κ1) is 18.2. The lowest BCUT2D eigenvalue weighted by Crippen LogP contribution is -2.03. The van der Waals surface area contributed by atoms with Crippen LogP contribution < -0.4 is 0 Å². The highest BCUT2D eigenvalue weighted by molar-refractivity contribution is 9.10. The molecule has 1 aromatic heterocycles. The van der Waals surface area contributed by atoms with Crippen LogP contribution in [-0.4, -0.2) is 15.6 Å². The molecule has 5 heteroatoms. The first-order valence-corrected chi connectivity index (χ1v) is 9.78. The Kier molecular flexibility index (Phi) is 5.64. The number of nitrogens with zero attached hydrogens (tertiary/aromatic N) is 1. The van der Waals surface area contributed by atoms with Gasteiger partial charge in [-0.05, 0) is 61.2 Å². The maximum absolute atomic E-state index is 10.8. The fourth-order valence-electron chi connectivity index (χ4n) is 3.23. The van der Waals surface area contributed by atoms with Gasteiger partial charge in [-0.25, -0.2) is 0 Å². The molecule has 0 aliphatic rings. The van der Waals surface area contributed by atoms with Crippen molar-refractivity contribution in [2.45, 2.75) is 32.7 Å². The van der Waals surface area contributed by atoms with Crippen molar-refractivity contribution in [2.24, 2.45) is 0 Å². The van der Waals surface area contributed by atoms with Gasteiger partial charge in [0.05, 0.1) is 0 Å². The molecule has 0 amide bonds. The standard InChI is InChI=1S/C20H19Br2NO2/c1-13-17(3-2-4-20(24)25)18-11-16(22)9-10-19(18)23(13)12-14-5-7-15(21)8-6-14/h5-11H,2-4,12H2,1H3,(H,24,25). The van der Waals surface area contributed by atoms with Gasteiger partial charge in [-0.1, -0.05) is 44.0 Å². The third kappa shape index (κ3) is 4.15. The molecule has 0 aliphatic heterocycles. The lowest BCUT2D eigenvalue weighted by atomic mass is 10.0. The van der Waals surface area contributed by atoms with Crippen LogP contribution in [0.15, 0.2) is 51.4 Å². The first-order valence-electron chi connectivity index (χ1n) is 8.19. The second-order valence-corrected chi connectivity index (χ2v) is 8.02. The summed E-state index contributed by atoms with van der Waals surface area (Å²) in [4.78, 5) is 10.8. The molecule has 0 radical (unpaired) electrons. The number of rotatable bonds is 6. The lowest BCUT2D eigenvalue weighted by Gasteiger charge is -2.09. The Bertz CT molecular complexity index is 914. The van der Waals surface area contributed by atoms with E-state index in [0.717, 1.165) is 21.9 Å². The van der Waals surface area contributed by atoms with Gasteiger partial charge >= 0.3 is 5.97 Å². The SMILES string of the molecule is Cc1c(CCCC(=O)O)c2cc(Br)ccc2n1Cc1ccc(Br)cc1. The molecule has 2 aromatic carbocycles. The number of benzene rings is 2. The normalized spacial score (nSPS) is 11.2. The van der Waals surface area contributed by atoms with Crippen LogP contribution in [0.4, 0.5) is 0 Å². The summed E-state index contributed by atoms with van der Waals surface area (Å²) in [5.41, 5.74) is 4.88. The van der Waals surface area contributed by atoms with E-state index in [0.29, 0.717) is 6.42 Å². The molecule has 3 nitrogen and oxygen atoms in total. The highest BCUT2D eigenvalue weighted by Crippen LogP contribution is 2.30. The average Bonchev–Trinajstić information content (AvgIpc) is 2.81. The van der Waals surface area contributed by atoms with Crippen LogP contribution >= 0.6 is 31.9 Å². The molecule has 130 valence electrons. The minimum Gasteiger partial charge on any atom is -0.481 e. The zero-order valence-corrected chi connectivity index (χ0v) is 17.1. The summed E-state index contributed by atoms with van der Waals surface area (Å²) >= 11 is 7.04. The molecule has 1 heterocycles. The van der Waals surface area contributed by atoms with E-state index in [9.17, 15) is 4.79 Å². The molecule has 0 bridgehead atoms. The largest absolute Gasteiger partial charge is 0.481 e. The fourth-order valence-corrected chi connectivity index (χ4v) is 3.86. The van der Waals surface area contributed by atoms with Gasteiger partial charge in [0, 0.05) is 38.5 Å². The van der Waals surface area contributed by atoms with Crippen molar-refractivity contribution < 1.29 is 9.90 Å². The number of carboxylic acid groups (broad SMARTS) is 1. The number of hydrogen-bond donors (Lipinski definition) is 1. The third-order valence-electron chi connectivity index (χ3n) is 4.49. The average molecular weight is 465 g/mol. The van der Waals surface area contributed by atoms with E-state index >= 15 is 0 Å². The van der Waals surface area contributed by atoms with Gasteiger partial charge in [0.15, 0.2) is 0 Å². The Labute approximate surface area is 163 Å². The second kappa shape index (κ2) is 7.75. The van der Waals surface area contributed by atoms with Gasteiger partial charge in [0.25, 0.3) is 0 Å². The van der Waals surface area contributed by atoms with E-state index in [1.165, 1.54) is 27.7 Å². The van der Waals surface area contributed by atoms with Gasteiger partial charge < -0.3 is 9.67 Å². The van der Waals surface area contributed by atoms with Crippen molar-refractivity contribution in [3.8, 4) is 0 Å². The third-order valence-corrected chi connectivity index (χ3v) is 5.51. The number of aliphatic carboxylic acids is 1. The topological polar surface area (TPSA) is 42.2 Å². The van der Waals surface area contributed by atoms with Gasteiger partial charge in [0.1, 0.15) is 0 Å².